The molecule has 0 aromatic heterocycles. The fourth-order valence-electron chi connectivity index (χ4n) is 9.47. The quantitative estimate of drug-likeness (QED) is 0.225. The van der Waals surface area contributed by atoms with Gasteiger partial charge in [-0.1, -0.05) is 70.6 Å². The molecule has 13 nitrogen and oxygen atoms in total. The van der Waals surface area contributed by atoms with Crippen LogP contribution in [0, 0.1) is 23.7 Å². The van der Waals surface area contributed by atoms with E-state index in [1.165, 1.54) is 0 Å². The summed E-state index contributed by atoms with van der Waals surface area (Å²) in [5.74, 6) is -3.01. The largest absolute Gasteiger partial charge is 0.464 e. The number of aliphatic hydroxyl groups excluding tert-OH is 1. The summed E-state index contributed by atoms with van der Waals surface area (Å²) in [6.07, 6.45) is 10.3. The molecule has 0 radical (unpaired) electrons. The van der Waals surface area contributed by atoms with Gasteiger partial charge in [0.2, 0.25) is 0 Å². The molecular formula is C45H66O13. The number of aliphatic hydroxyl groups is 2. The smallest absolute Gasteiger partial charge is 0.332 e. The summed E-state index contributed by atoms with van der Waals surface area (Å²) in [7, 11) is 1.60. The average molecular weight is 815 g/mol. The van der Waals surface area contributed by atoms with E-state index in [4.69, 9.17) is 42.6 Å². The van der Waals surface area contributed by atoms with E-state index in [9.17, 15) is 19.8 Å². The lowest BCUT2D eigenvalue weighted by atomic mass is 9.71. The Morgan fingerprint density at radius 2 is 1.83 bits per heavy atom. The van der Waals surface area contributed by atoms with Gasteiger partial charge in [0, 0.05) is 38.2 Å². The van der Waals surface area contributed by atoms with Crippen LogP contribution in [-0.2, 0) is 52.2 Å². The molecule has 5 heterocycles. The van der Waals surface area contributed by atoms with Crippen molar-refractivity contribution in [1.29, 1.82) is 0 Å². The third-order valence-electron chi connectivity index (χ3n) is 12.9. The minimum Gasteiger partial charge on any atom is -0.464 e. The SMILES string of the molecule is CCOC(=O)CO[C@H]1[C@H](C)O[C@@H](O[C@@H]2/C(C)=C/C[C@@H]3C[C@@H](C[C@]4(C=C[C@H](C)[C@@H](C(C)CC)O4)O3)OC(=O)C3C=C(C)[C@@H](O)[C@H]4OC/C(=C\C=C\[C@@H]2C)C34O)C[C@@H]1OC. The molecule has 2 N–H and O–H groups in total. The molecule has 0 aromatic rings. The molecule has 1 spiro atoms. The first kappa shape index (κ1) is 44.8. The summed E-state index contributed by atoms with van der Waals surface area (Å²) in [6.45, 7) is 16.0. The van der Waals surface area contributed by atoms with Gasteiger partial charge < -0.3 is 52.8 Å². The van der Waals surface area contributed by atoms with Crippen molar-refractivity contribution in [2.75, 3.05) is 26.9 Å². The number of esters is 2. The zero-order valence-corrected chi connectivity index (χ0v) is 35.7. The first-order valence-corrected chi connectivity index (χ1v) is 21.2. The minimum absolute atomic E-state index is 0.0304. The van der Waals surface area contributed by atoms with Crippen LogP contribution in [0.5, 0.6) is 0 Å². The van der Waals surface area contributed by atoms with Gasteiger partial charge in [-0.3, -0.25) is 4.79 Å². The van der Waals surface area contributed by atoms with E-state index < -0.39 is 78.3 Å². The standard InChI is InChI=1S/C45H66O13/c1-10-25(3)40-28(6)17-18-44(58-40)22-33-20-32(57-44)16-15-27(5)39(56-37-21-35(50-9)41(30(8)54-37)52-24-36(46)51-11-2)26(4)13-12-14-31-23-53-42-38(47)29(7)19-34(43(48)55-33)45(31,42)49/h12-15,17-19,25-26,28,30,32-35,37-42,47,49H,10-11,16,20-24H2,1-9H3/b13-12+,27-15+,31-14+/t25?,26-,28-,30-,32+,33-,34?,35-,37-,38+,39-,40+,41-,42+,44+,45?/m0/s1. The Labute approximate surface area is 343 Å². The Balaban J connectivity index is 1.33. The minimum atomic E-state index is -1.83. The second-order valence-electron chi connectivity index (χ2n) is 17.2. The molecule has 0 aromatic carbocycles. The van der Waals surface area contributed by atoms with Gasteiger partial charge in [-0.25, -0.2) is 4.79 Å². The van der Waals surface area contributed by atoms with Gasteiger partial charge in [0.1, 0.15) is 42.5 Å². The molecule has 3 saturated heterocycles. The molecule has 0 saturated carbocycles. The maximum atomic E-state index is 14.3. The van der Waals surface area contributed by atoms with Gasteiger partial charge in [0.05, 0.1) is 43.7 Å². The molecule has 5 aliphatic heterocycles. The molecule has 13 heteroatoms. The number of methoxy groups -OCH3 is 1. The van der Waals surface area contributed by atoms with Crippen LogP contribution in [-0.4, -0.2) is 122 Å². The Bertz CT molecular complexity index is 1620. The van der Waals surface area contributed by atoms with E-state index in [1.54, 1.807) is 33.1 Å². The van der Waals surface area contributed by atoms with E-state index in [2.05, 4.69) is 32.9 Å². The van der Waals surface area contributed by atoms with Crippen LogP contribution in [0.1, 0.15) is 87.5 Å². The topological polar surface area (TPSA) is 158 Å². The summed E-state index contributed by atoms with van der Waals surface area (Å²) in [4.78, 5) is 26.4. The van der Waals surface area contributed by atoms with Crippen molar-refractivity contribution in [3.63, 3.8) is 0 Å². The maximum Gasteiger partial charge on any atom is 0.332 e. The Hall–Kier alpha value is -2.72. The number of rotatable bonds is 9. The fraction of sp³-hybridized carbons (Fsp3) is 0.733. The Morgan fingerprint density at radius 3 is 2.55 bits per heavy atom. The monoisotopic (exact) mass is 814 g/mol. The molecule has 16 atom stereocenters. The second-order valence-corrected chi connectivity index (χ2v) is 17.2. The highest BCUT2D eigenvalue weighted by atomic mass is 16.7. The zero-order valence-electron chi connectivity index (χ0n) is 35.7. The van der Waals surface area contributed by atoms with Crippen LogP contribution in [0.25, 0.3) is 0 Å². The van der Waals surface area contributed by atoms with Crippen molar-refractivity contribution in [3.8, 4) is 0 Å². The molecule has 0 amide bonds. The summed E-state index contributed by atoms with van der Waals surface area (Å²) < 4.78 is 56.1. The van der Waals surface area contributed by atoms with E-state index >= 15 is 0 Å². The summed E-state index contributed by atoms with van der Waals surface area (Å²) >= 11 is 0. The molecular weight excluding hydrogens is 748 g/mol. The molecule has 3 fully saturated rings. The lowest BCUT2D eigenvalue weighted by molar-refractivity contribution is -0.300. The Morgan fingerprint density at radius 1 is 1.05 bits per heavy atom. The Kier molecular flexibility index (Phi) is 14.6. The fourth-order valence-corrected chi connectivity index (χ4v) is 9.47. The number of fused-ring (bicyclic) bond motifs is 2. The highest BCUT2D eigenvalue weighted by molar-refractivity contribution is 5.78. The van der Waals surface area contributed by atoms with Crippen LogP contribution in [0.2, 0.25) is 0 Å². The van der Waals surface area contributed by atoms with Gasteiger partial charge in [0.25, 0.3) is 0 Å². The van der Waals surface area contributed by atoms with Crippen molar-refractivity contribution in [1.82, 2.24) is 0 Å². The van der Waals surface area contributed by atoms with Crippen LogP contribution < -0.4 is 0 Å². The van der Waals surface area contributed by atoms with Crippen molar-refractivity contribution < 1.29 is 62.4 Å². The molecule has 3 unspecified atom stereocenters. The van der Waals surface area contributed by atoms with Gasteiger partial charge in [-0.2, -0.15) is 0 Å². The maximum absolute atomic E-state index is 14.3. The van der Waals surface area contributed by atoms with Gasteiger partial charge >= 0.3 is 11.9 Å². The van der Waals surface area contributed by atoms with Crippen LogP contribution >= 0.6 is 0 Å². The highest BCUT2D eigenvalue weighted by Crippen LogP contribution is 2.47. The van der Waals surface area contributed by atoms with Crippen molar-refractivity contribution >= 4 is 11.9 Å². The number of carbonyl (C=O) groups is 2. The highest BCUT2D eigenvalue weighted by Gasteiger charge is 2.60. The second kappa shape index (κ2) is 18.9. The van der Waals surface area contributed by atoms with Gasteiger partial charge in [-0.05, 0) is 62.8 Å². The zero-order chi connectivity index (χ0) is 41.9. The first-order chi connectivity index (χ1) is 27.6. The number of allylic oxidation sites excluding steroid dienone is 2. The van der Waals surface area contributed by atoms with Crippen LogP contribution in [0.4, 0.5) is 0 Å². The third kappa shape index (κ3) is 9.43. The van der Waals surface area contributed by atoms with Crippen molar-refractivity contribution in [3.05, 3.63) is 59.3 Å². The number of ether oxygens (including phenoxy) is 9. The summed E-state index contributed by atoms with van der Waals surface area (Å²) in [6, 6.07) is 0. The van der Waals surface area contributed by atoms with Crippen LogP contribution in [0.3, 0.4) is 0 Å². The number of hydrogen-bond donors (Lipinski definition) is 2. The predicted octanol–water partition coefficient (Wildman–Crippen LogP) is 5.43. The molecule has 2 bridgehead atoms. The van der Waals surface area contributed by atoms with Gasteiger partial charge in [-0.15, -0.1) is 0 Å². The normalized spacial score (nSPS) is 44.8. The van der Waals surface area contributed by atoms with Crippen molar-refractivity contribution in [2.24, 2.45) is 23.7 Å². The molecule has 6 rings (SSSR count). The third-order valence-corrected chi connectivity index (χ3v) is 12.9. The predicted molar refractivity (Wildman–Crippen MR) is 213 cm³/mol. The summed E-state index contributed by atoms with van der Waals surface area (Å²) in [5.41, 5.74) is 0.119. The van der Waals surface area contributed by atoms with E-state index in [-0.39, 0.29) is 49.8 Å². The molecule has 6 aliphatic rings. The first-order valence-electron chi connectivity index (χ1n) is 21.2. The average Bonchev–Trinajstić information content (AvgIpc) is 3.53. The lowest BCUT2D eigenvalue weighted by Crippen LogP contribution is -2.58. The van der Waals surface area contributed by atoms with Gasteiger partial charge in [0.15, 0.2) is 12.1 Å². The molecule has 324 valence electrons. The lowest BCUT2D eigenvalue weighted by Gasteiger charge is -2.48. The van der Waals surface area contributed by atoms with Crippen molar-refractivity contribution in [2.45, 2.75) is 160 Å². The van der Waals surface area contributed by atoms with Crippen LogP contribution in [0.15, 0.2) is 59.3 Å². The number of carbonyl (C=O) groups excluding carboxylic acids is 2. The molecule has 58 heavy (non-hydrogen) atoms. The number of hydrogen-bond acceptors (Lipinski definition) is 13. The summed E-state index contributed by atoms with van der Waals surface area (Å²) in [5, 5.41) is 23.6. The molecule has 1 aliphatic carbocycles. The van der Waals surface area contributed by atoms with E-state index in [0.717, 1.165) is 12.0 Å². The van der Waals surface area contributed by atoms with E-state index in [1.807, 2.05) is 39.0 Å². The van der Waals surface area contributed by atoms with E-state index in [0.29, 0.717) is 36.8 Å².